The van der Waals surface area contributed by atoms with E-state index in [2.05, 4.69) is 15.4 Å². The van der Waals surface area contributed by atoms with Gasteiger partial charge in [0.25, 0.3) is 0 Å². The van der Waals surface area contributed by atoms with E-state index in [1.165, 1.54) is 0 Å². The number of hydrogen-bond donors (Lipinski definition) is 2. The molecule has 3 rings (SSSR count). The average molecular weight is 468 g/mol. The quantitative estimate of drug-likeness (QED) is 0.371. The number of aryl methyl sites for hydroxylation is 2. The number of ether oxygens (including phenoxy) is 3. The zero-order valence-corrected chi connectivity index (χ0v) is 20.6. The number of aromatic nitrogens is 3. The lowest BCUT2D eigenvalue weighted by Crippen LogP contribution is -2.27. The molecule has 0 bridgehead atoms. The zero-order chi connectivity index (χ0) is 24.9. The van der Waals surface area contributed by atoms with Gasteiger partial charge in [0.05, 0.1) is 37.4 Å². The van der Waals surface area contributed by atoms with E-state index >= 15 is 0 Å². The fraction of sp³-hybridized carbons (Fsp3) is 0.400. The topological polar surface area (TPSA) is 114 Å². The Morgan fingerprint density at radius 3 is 2.62 bits per heavy atom. The van der Waals surface area contributed by atoms with Crippen LogP contribution in [0.15, 0.2) is 36.5 Å². The Labute approximate surface area is 200 Å². The van der Waals surface area contributed by atoms with Crippen molar-refractivity contribution in [3.8, 4) is 17.0 Å². The first-order valence-electron chi connectivity index (χ1n) is 11.1. The highest BCUT2D eigenvalue weighted by atomic mass is 16.6. The molecule has 182 valence electrons. The monoisotopic (exact) mass is 467 g/mol. The summed E-state index contributed by atoms with van der Waals surface area (Å²) >= 11 is 0. The Kier molecular flexibility index (Phi) is 7.78. The third kappa shape index (κ3) is 6.71. The maximum absolute atomic E-state index is 12.0. The highest BCUT2D eigenvalue weighted by Gasteiger charge is 2.17. The van der Waals surface area contributed by atoms with Crippen molar-refractivity contribution in [1.82, 2.24) is 14.8 Å². The molecule has 9 heteroatoms. The minimum atomic E-state index is -0.581. The fourth-order valence-corrected chi connectivity index (χ4v) is 3.39. The number of carbonyl (C=O) groups is 1. The third-order valence-electron chi connectivity index (χ3n) is 4.98. The highest BCUT2D eigenvalue weighted by molar-refractivity contribution is 5.83. The molecule has 2 aromatic heterocycles. The van der Waals surface area contributed by atoms with Crippen molar-refractivity contribution in [2.45, 2.75) is 46.3 Å². The van der Waals surface area contributed by atoms with E-state index in [4.69, 9.17) is 19.9 Å². The number of nitrogen functional groups attached to an aromatic ring is 1. The van der Waals surface area contributed by atoms with Crippen molar-refractivity contribution in [3.05, 3.63) is 53.3 Å². The number of methoxy groups -OCH3 is 1. The lowest BCUT2D eigenvalue weighted by molar-refractivity contribution is 0.0635. The summed E-state index contributed by atoms with van der Waals surface area (Å²) in [6.07, 6.45) is 1.99. The second-order valence-electron chi connectivity index (χ2n) is 9.03. The predicted molar refractivity (Wildman–Crippen MR) is 132 cm³/mol. The Morgan fingerprint density at radius 2 is 1.97 bits per heavy atom. The molecule has 0 aliphatic rings. The van der Waals surface area contributed by atoms with Gasteiger partial charge in [0.1, 0.15) is 11.4 Å². The molecule has 1 aromatic carbocycles. The largest absolute Gasteiger partial charge is 0.494 e. The van der Waals surface area contributed by atoms with E-state index in [0.717, 1.165) is 28.1 Å². The van der Waals surface area contributed by atoms with E-state index < -0.39 is 11.7 Å². The van der Waals surface area contributed by atoms with E-state index in [1.54, 1.807) is 17.9 Å². The van der Waals surface area contributed by atoms with Crippen LogP contribution < -0.4 is 15.8 Å². The third-order valence-corrected chi connectivity index (χ3v) is 4.98. The van der Waals surface area contributed by atoms with Crippen LogP contribution in [0.2, 0.25) is 0 Å². The summed E-state index contributed by atoms with van der Waals surface area (Å²) in [5.41, 5.74) is 10.6. The van der Waals surface area contributed by atoms with Gasteiger partial charge in [0, 0.05) is 18.8 Å². The number of hydrogen-bond acceptors (Lipinski definition) is 7. The summed E-state index contributed by atoms with van der Waals surface area (Å²) in [5, 5.41) is 7.13. The Bertz CT molecular complexity index is 1150. The molecular weight excluding hydrogens is 434 g/mol. The molecule has 34 heavy (non-hydrogen) atoms. The van der Waals surface area contributed by atoms with Crippen molar-refractivity contribution in [1.29, 1.82) is 0 Å². The number of amides is 1. The number of nitrogens with two attached hydrogens (primary N) is 1. The van der Waals surface area contributed by atoms with Crippen molar-refractivity contribution >= 4 is 17.6 Å². The number of pyridine rings is 1. The molecular formula is C25H33N5O4. The minimum absolute atomic E-state index is 0.314. The summed E-state index contributed by atoms with van der Waals surface area (Å²) in [6, 6.07) is 9.47. The summed E-state index contributed by atoms with van der Waals surface area (Å²) in [6.45, 7) is 8.16. The van der Waals surface area contributed by atoms with Crippen LogP contribution in [0, 0.1) is 6.92 Å². The molecule has 3 N–H and O–H groups in total. The van der Waals surface area contributed by atoms with Gasteiger partial charge in [-0.2, -0.15) is 5.10 Å². The first kappa shape index (κ1) is 25.0. The Morgan fingerprint density at radius 1 is 1.21 bits per heavy atom. The van der Waals surface area contributed by atoms with Gasteiger partial charge in [0.2, 0.25) is 0 Å². The second kappa shape index (κ2) is 10.6. The Hall–Kier alpha value is -3.59. The molecule has 0 spiro atoms. The first-order valence-corrected chi connectivity index (χ1v) is 11.1. The molecule has 0 aliphatic carbocycles. The van der Waals surface area contributed by atoms with E-state index in [0.29, 0.717) is 36.9 Å². The van der Waals surface area contributed by atoms with Crippen molar-refractivity contribution < 1.29 is 19.0 Å². The molecule has 0 aliphatic heterocycles. The summed E-state index contributed by atoms with van der Waals surface area (Å²) in [5.74, 6) is 1.03. The summed E-state index contributed by atoms with van der Waals surface area (Å²) in [7, 11) is 3.47. The van der Waals surface area contributed by atoms with Crippen molar-refractivity contribution in [2.75, 3.05) is 24.8 Å². The molecule has 3 aromatic rings. The van der Waals surface area contributed by atoms with Gasteiger partial charge >= 0.3 is 6.09 Å². The Balaban J connectivity index is 1.62. The number of carbonyl (C=O) groups excluding carboxylic acids is 1. The smallest absolute Gasteiger partial charge is 0.413 e. The van der Waals surface area contributed by atoms with E-state index in [-0.39, 0.29) is 0 Å². The van der Waals surface area contributed by atoms with Crippen LogP contribution in [0.5, 0.6) is 5.75 Å². The number of nitrogens with one attached hydrogen (secondary N) is 1. The van der Waals surface area contributed by atoms with Gasteiger partial charge < -0.3 is 19.9 Å². The standard InChI is InChI=1S/C25H33N5O4/c1-16-7-8-22(28-24(31)34-25(2,3)4)27-21(16)15-33-12-10-17-13-18(20-9-11-30(5)29-20)23(32-6)19(26)14-17/h7-9,11,13-14H,10,12,15,26H2,1-6H3,(H,27,28,31). The van der Waals surface area contributed by atoms with Crippen molar-refractivity contribution in [2.24, 2.45) is 7.05 Å². The SMILES string of the molecule is COc1c(N)cc(CCOCc2nc(NC(=O)OC(C)(C)C)ccc2C)cc1-c1ccn(C)n1. The van der Waals surface area contributed by atoms with Gasteiger partial charge in [-0.25, -0.2) is 9.78 Å². The second-order valence-corrected chi connectivity index (χ2v) is 9.03. The number of rotatable bonds is 8. The van der Waals surface area contributed by atoms with Crippen LogP contribution >= 0.6 is 0 Å². The van der Waals surface area contributed by atoms with Gasteiger partial charge in [-0.1, -0.05) is 6.07 Å². The first-order chi connectivity index (χ1) is 16.1. The molecule has 9 nitrogen and oxygen atoms in total. The molecule has 2 heterocycles. The maximum atomic E-state index is 12.0. The number of anilines is 2. The average Bonchev–Trinajstić information content (AvgIpc) is 3.17. The van der Waals surface area contributed by atoms with Crippen LogP contribution in [0.1, 0.15) is 37.6 Å². The molecule has 1 amide bonds. The van der Waals surface area contributed by atoms with E-state index in [1.807, 2.05) is 65.2 Å². The van der Waals surface area contributed by atoms with E-state index in [9.17, 15) is 4.79 Å². The number of nitrogens with zero attached hydrogens (tertiary/aromatic N) is 3. The lowest BCUT2D eigenvalue weighted by Gasteiger charge is -2.19. The summed E-state index contributed by atoms with van der Waals surface area (Å²) in [4.78, 5) is 16.5. The number of benzene rings is 1. The van der Waals surface area contributed by atoms with Crippen LogP contribution in [0.25, 0.3) is 11.3 Å². The normalized spacial score (nSPS) is 11.4. The van der Waals surface area contributed by atoms with Crippen LogP contribution in [-0.2, 0) is 29.5 Å². The van der Waals surface area contributed by atoms with Gasteiger partial charge in [-0.15, -0.1) is 0 Å². The fourth-order valence-electron chi connectivity index (χ4n) is 3.39. The van der Waals surface area contributed by atoms with Crippen LogP contribution in [-0.4, -0.2) is 40.2 Å². The van der Waals surface area contributed by atoms with Crippen LogP contribution in [0.3, 0.4) is 0 Å². The summed E-state index contributed by atoms with van der Waals surface area (Å²) < 4.78 is 18.4. The van der Waals surface area contributed by atoms with Gasteiger partial charge in [-0.3, -0.25) is 10.00 Å². The highest BCUT2D eigenvalue weighted by Crippen LogP contribution is 2.35. The molecule has 0 saturated carbocycles. The zero-order valence-electron chi connectivity index (χ0n) is 20.6. The molecule has 0 radical (unpaired) electrons. The molecule has 0 atom stereocenters. The molecule has 0 saturated heterocycles. The van der Waals surface area contributed by atoms with Gasteiger partial charge in [0.15, 0.2) is 5.75 Å². The maximum Gasteiger partial charge on any atom is 0.413 e. The minimum Gasteiger partial charge on any atom is -0.494 e. The predicted octanol–water partition coefficient (Wildman–Crippen LogP) is 4.49. The van der Waals surface area contributed by atoms with Crippen LogP contribution in [0.4, 0.5) is 16.3 Å². The van der Waals surface area contributed by atoms with Crippen molar-refractivity contribution in [3.63, 3.8) is 0 Å². The molecule has 0 unspecified atom stereocenters. The van der Waals surface area contributed by atoms with Gasteiger partial charge in [-0.05, 0) is 69.5 Å². The lowest BCUT2D eigenvalue weighted by atomic mass is 10.0. The molecule has 0 fully saturated rings.